The molecule has 2 aliphatic heterocycles. The lowest BCUT2D eigenvalue weighted by Crippen LogP contribution is -2.37. The van der Waals surface area contributed by atoms with Crippen LogP contribution in [0.2, 0.25) is 0 Å². The molecule has 35 heavy (non-hydrogen) atoms. The Morgan fingerprint density at radius 1 is 0.914 bits per heavy atom. The molecule has 1 fully saturated rings. The van der Waals surface area contributed by atoms with Crippen LogP contribution in [0.1, 0.15) is 50.3 Å². The maximum absolute atomic E-state index is 14.0. The van der Waals surface area contributed by atoms with Crippen LogP contribution in [0.25, 0.3) is 0 Å². The van der Waals surface area contributed by atoms with Crippen LogP contribution in [0.15, 0.2) is 95.7 Å². The van der Waals surface area contributed by atoms with Crippen LogP contribution >= 0.6 is 11.3 Å². The topological polar surface area (TPSA) is 61.4 Å². The van der Waals surface area contributed by atoms with E-state index in [4.69, 9.17) is 0 Å². The van der Waals surface area contributed by atoms with Crippen molar-refractivity contribution >= 4 is 34.5 Å². The Labute approximate surface area is 208 Å². The smallest absolute Gasteiger partial charge is 0.256 e. The van der Waals surface area contributed by atoms with E-state index in [1.807, 2.05) is 47.4 Å². The van der Waals surface area contributed by atoms with E-state index in [1.54, 1.807) is 35.6 Å². The summed E-state index contributed by atoms with van der Waals surface area (Å²) in [5.41, 5.74) is 5.11. The summed E-state index contributed by atoms with van der Waals surface area (Å²) in [7, 11) is 0. The van der Waals surface area contributed by atoms with E-state index in [9.17, 15) is 9.59 Å². The summed E-state index contributed by atoms with van der Waals surface area (Å²) >= 11 is 1.70. The Bertz CT molecular complexity index is 1370. The second kappa shape index (κ2) is 9.04. The number of thiophene rings is 1. The molecule has 2 amide bonds. The van der Waals surface area contributed by atoms with Crippen LogP contribution in [-0.2, 0) is 0 Å². The van der Waals surface area contributed by atoms with E-state index >= 15 is 0 Å². The summed E-state index contributed by atoms with van der Waals surface area (Å²) in [6.07, 6.45) is 0.913. The van der Waals surface area contributed by atoms with Crippen LogP contribution in [-0.4, -0.2) is 23.3 Å². The van der Waals surface area contributed by atoms with Crippen molar-refractivity contribution in [1.82, 2.24) is 4.90 Å². The van der Waals surface area contributed by atoms with Gasteiger partial charge in [0.1, 0.15) is 0 Å². The number of likely N-dealkylation sites (tertiary alicyclic amines) is 1. The predicted molar refractivity (Wildman–Crippen MR) is 140 cm³/mol. The zero-order chi connectivity index (χ0) is 23.8. The van der Waals surface area contributed by atoms with Crippen LogP contribution in [0, 0.1) is 5.92 Å². The van der Waals surface area contributed by atoms with E-state index in [-0.39, 0.29) is 29.8 Å². The highest BCUT2D eigenvalue weighted by Crippen LogP contribution is 2.51. The lowest BCUT2D eigenvalue weighted by atomic mass is 9.80. The monoisotopic (exact) mass is 479 g/mol. The van der Waals surface area contributed by atoms with Gasteiger partial charge in [-0.25, -0.2) is 0 Å². The molecule has 6 rings (SSSR count). The first-order valence-corrected chi connectivity index (χ1v) is 12.8. The Balaban J connectivity index is 1.34. The molecule has 1 saturated heterocycles. The minimum atomic E-state index is -0.227. The van der Waals surface area contributed by atoms with Crippen molar-refractivity contribution in [3.05, 3.63) is 118 Å². The van der Waals surface area contributed by atoms with Crippen molar-refractivity contribution in [3.63, 3.8) is 0 Å². The van der Waals surface area contributed by atoms with Gasteiger partial charge >= 0.3 is 0 Å². The quantitative estimate of drug-likeness (QED) is 0.357. The molecule has 0 spiro atoms. The average molecular weight is 480 g/mol. The number of benzene rings is 3. The number of para-hydroxylation sites is 2. The molecule has 3 heterocycles. The normalized spacial score (nSPS) is 20.5. The fourth-order valence-electron chi connectivity index (χ4n) is 5.45. The van der Waals surface area contributed by atoms with Crippen LogP contribution in [0.4, 0.5) is 11.4 Å². The lowest BCUT2D eigenvalue weighted by Gasteiger charge is -2.39. The van der Waals surface area contributed by atoms with Crippen LogP contribution < -0.4 is 10.6 Å². The Morgan fingerprint density at radius 3 is 2.51 bits per heavy atom. The third-order valence-electron chi connectivity index (χ3n) is 7.07. The summed E-state index contributed by atoms with van der Waals surface area (Å²) in [5, 5.41) is 11.0. The summed E-state index contributed by atoms with van der Waals surface area (Å²) in [4.78, 5) is 28.8. The summed E-state index contributed by atoms with van der Waals surface area (Å²) in [6, 6.07) is 27.0. The summed E-state index contributed by atoms with van der Waals surface area (Å²) in [5.74, 6) is -0.00774. The highest BCUT2D eigenvalue weighted by Gasteiger charge is 2.46. The van der Waals surface area contributed by atoms with Gasteiger partial charge in [-0.05, 0) is 64.7 Å². The number of amides is 2. The molecule has 5 nitrogen and oxygen atoms in total. The fourth-order valence-corrected chi connectivity index (χ4v) is 6.15. The van der Waals surface area contributed by atoms with Crippen molar-refractivity contribution in [2.24, 2.45) is 5.92 Å². The van der Waals surface area contributed by atoms with Crippen molar-refractivity contribution in [2.45, 2.75) is 18.5 Å². The molecule has 0 bridgehead atoms. The Hall–Kier alpha value is -3.90. The molecule has 3 unspecified atom stereocenters. The number of rotatable bonds is 4. The minimum Gasteiger partial charge on any atom is -0.378 e. The van der Waals surface area contributed by atoms with Crippen molar-refractivity contribution in [2.75, 3.05) is 17.2 Å². The molecule has 2 N–H and O–H groups in total. The van der Waals surface area contributed by atoms with Crippen molar-refractivity contribution in [3.8, 4) is 0 Å². The largest absolute Gasteiger partial charge is 0.378 e. The third-order valence-corrected chi connectivity index (χ3v) is 7.77. The molecular formula is C29H25N3O2S. The molecule has 2 aliphatic rings. The molecule has 0 aliphatic carbocycles. The number of hydrogen-bond donors (Lipinski definition) is 2. The van der Waals surface area contributed by atoms with E-state index in [0.717, 1.165) is 17.7 Å². The molecule has 6 heteroatoms. The van der Waals surface area contributed by atoms with Gasteiger partial charge in [0, 0.05) is 23.7 Å². The average Bonchev–Trinajstić information content (AvgIpc) is 3.60. The van der Waals surface area contributed by atoms with Crippen LogP contribution in [0.3, 0.4) is 0 Å². The van der Waals surface area contributed by atoms with Crippen LogP contribution in [0.5, 0.6) is 0 Å². The lowest BCUT2D eigenvalue weighted by molar-refractivity contribution is 0.0710. The molecule has 4 aromatic rings. The van der Waals surface area contributed by atoms with E-state index in [2.05, 4.69) is 39.6 Å². The zero-order valence-electron chi connectivity index (χ0n) is 19.1. The number of hydrogen-bond acceptors (Lipinski definition) is 4. The van der Waals surface area contributed by atoms with Gasteiger partial charge in [-0.15, -0.1) is 0 Å². The number of nitrogens with zero attached hydrogens (tertiary/aromatic N) is 1. The molecular weight excluding hydrogens is 454 g/mol. The molecule has 0 radical (unpaired) electrons. The second-order valence-corrected chi connectivity index (χ2v) is 9.81. The van der Waals surface area contributed by atoms with E-state index < -0.39 is 0 Å². The predicted octanol–water partition coefficient (Wildman–Crippen LogP) is 6.37. The maximum atomic E-state index is 14.0. The van der Waals surface area contributed by atoms with Crippen molar-refractivity contribution < 1.29 is 9.59 Å². The third kappa shape index (κ3) is 3.90. The zero-order valence-corrected chi connectivity index (χ0v) is 19.9. The van der Waals surface area contributed by atoms with Gasteiger partial charge in [0.2, 0.25) is 0 Å². The number of anilines is 2. The molecule has 3 atom stereocenters. The van der Waals surface area contributed by atoms with Gasteiger partial charge in [-0.3, -0.25) is 9.59 Å². The standard InChI is InChI=1S/C29H25N3O2S/c33-28(19-8-2-1-3-9-19)31-25-13-7-5-11-22(25)29(34)32-16-14-23-26(20-15-17-35-18-20)30-24-12-6-4-10-21(24)27(23)32/h1-13,15,17-18,23,26-27,30H,14,16H2,(H,31,33). The number of fused-ring (bicyclic) bond motifs is 3. The van der Waals surface area contributed by atoms with E-state index in [0.29, 0.717) is 23.4 Å². The molecule has 3 aromatic carbocycles. The first kappa shape index (κ1) is 21.6. The van der Waals surface area contributed by atoms with Gasteiger partial charge in [0.05, 0.1) is 23.3 Å². The summed E-state index contributed by atoms with van der Waals surface area (Å²) in [6.45, 7) is 0.672. The molecule has 0 saturated carbocycles. The number of nitrogens with one attached hydrogen (secondary N) is 2. The summed E-state index contributed by atoms with van der Waals surface area (Å²) < 4.78 is 0. The van der Waals surface area contributed by atoms with Gasteiger partial charge in [0.25, 0.3) is 11.8 Å². The second-order valence-electron chi connectivity index (χ2n) is 9.03. The highest BCUT2D eigenvalue weighted by atomic mass is 32.1. The Kier molecular flexibility index (Phi) is 5.58. The van der Waals surface area contributed by atoms with E-state index in [1.165, 1.54) is 5.56 Å². The first-order valence-electron chi connectivity index (χ1n) is 11.8. The number of carbonyl (C=O) groups excluding carboxylic acids is 2. The SMILES string of the molecule is O=C(Nc1ccccc1C(=O)N1CCC2C(c3ccsc3)Nc3ccccc3C21)c1ccccc1. The molecule has 174 valence electrons. The first-order chi connectivity index (χ1) is 17.2. The maximum Gasteiger partial charge on any atom is 0.256 e. The molecule has 1 aromatic heterocycles. The minimum absolute atomic E-state index is 0.0252. The van der Waals surface area contributed by atoms with Gasteiger partial charge < -0.3 is 15.5 Å². The van der Waals surface area contributed by atoms with Crippen molar-refractivity contribution in [1.29, 1.82) is 0 Å². The van der Waals surface area contributed by atoms with Gasteiger partial charge in [-0.1, -0.05) is 48.5 Å². The number of carbonyl (C=O) groups is 2. The Morgan fingerprint density at radius 2 is 1.69 bits per heavy atom. The fraction of sp³-hybridized carbons (Fsp3) is 0.172. The van der Waals surface area contributed by atoms with Gasteiger partial charge in [0.15, 0.2) is 0 Å². The van der Waals surface area contributed by atoms with Gasteiger partial charge in [-0.2, -0.15) is 11.3 Å². The highest BCUT2D eigenvalue weighted by molar-refractivity contribution is 7.08.